The van der Waals surface area contributed by atoms with Crippen LogP contribution in [0.3, 0.4) is 0 Å². The Balaban J connectivity index is 1.57. The molecule has 1 aliphatic rings. The molecule has 0 atom stereocenters. The third-order valence-corrected chi connectivity index (χ3v) is 5.43. The molecule has 4 amide bonds. The number of barbiturate groups is 1. The monoisotopic (exact) mass is 498 g/mol. The number of anilines is 1. The summed E-state index contributed by atoms with van der Waals surface area (Å²) in [7, 11) is 0. The maximum absolute atomic E-state index is 13.0. The summed E-state index contributed by atoms with van der Waals surface area (Å²) in [6.07, 6.45) is 2.38. The molecule has 0 aliphatic carbocycles. The fourth-order valence-corrected chi connectivity index (χ4v) is 3.38. The number of hydrogen-bond donors (Lipinski definition) is 1. The normalized spacial score (nSPS) is 14.8. The van der Waals surface area contributed by atoms with Crippen molar-refractivity contribution < 1.29 is 24.0 Å². The number of halogens is 2. The number of aromatic nitrogens is 1. The predicted molar refractivity (Wildman–Crippen MR) is 123 cm³/mol. The van der Waals surface area contributed by atoms with Crippen LogP contribution in [0.1, 0.15) is 5.56 Å². The average molecular weight is 499 g/mol. The second kappa shape index (κ2) is 9.30. The molecule has 0 radical (unpaired) electrons. The van der Waals surface area contributed by atoms with E-state index in [0.29, 0.717) is 11.3 Å². The molecule has 1 fully saturated rings. The summed E-state index contributed by atoms with van der Waals surface area (Å²) >= 11 is 12.1. The van der Waals surface area contributed by atoms with E-state index in [9.17, 15) is 24.5 Å². The Bertz CT molecular complexity index is 1360. The Morgan fingerprint density at radius 3 is 2.41 bits per heavy atom. The first kappa shape index (κ1) is 22.9. The Morgan fingerprint density at radius 2 is 1.76 bits per heavy atom. The van der Waals surface area contributed by atoms with Gasteiger partial charge in [-0.15, -0.1) is 0 Å². The summed E-state index contributed by atoms with van der Waals surface area (Å²) in [5.74, 6) is -1.22. The predicted octanol–water partition coefficient (Wildman–Crippen LogP) is 4.76. The molecule has 1 aliphatic heterocycles. The molecule has 0 saturated carbocycles. The number of nitro groups is 1. The minimum atomic E-state index is -0.948. The van der Waals surface area contributed by atoms with Crippen molar-refractivity contribution in [3.05, 3.63) is 92.1 Å². The molecule has 3 aromatic rings. The highest BCUT2D eigenvalue weighted by Crippen LogP contribution is 2.34. The minimum Gasteiger partial charge on any atom is -0.439 e. The molecule has 1 aromatic heterocycles. The van der Waals surface area contributed by atoms with E-state index in [1.807, 2.05) is 0 Å². The highest BCUT2D eigenvalue weighted by molar-refractivity contribution is 6.46. The fourth-order valence-electron chi connectivity index (χ4n) is 3.00. The lowest BCUT2D eigenvalue weighted by molar-refractivity contribution is -0.385. The zero-order chi connectivity index (χ0) is 24.4. The van der Waals surface area contributed by atoms with Gasteiger partial charge in [0.25, 0.3) is 17.5 Å². The second-order valence-electron chi connectivity index (χ2n) is 6.81. The number of pyridine rings is 1. The van der Waals surface area contributed by atoms with E-state index in [-0.39, 0.29) is 32.9 Å². The topological polar surface area (TPSA) is 132 Å². The van der Waals surface area contributed by atoms with Crippen molar-refractivity contribution in [1.29, 1.82) is 0 Å². The van der Waals surface area contributed by atoms with E-state index in [4.69, 9.17) is 27.9 Å². The van der Waals surface area contributed by atoms with Gasteiger partial charge in [-0.25, -0.2) is 14.7 Å². The van der Waals surface area contributed by atoms with Crippen molar-refractivity contribution in [2.75, 3.05) is 4.90 Å². The van der Waals surface area contributed by atoms with Crippen molar-refractivity contribution in [1.82, 2.24) is 10.3 Å². The number of nitrogens with one attached hydrogen (secondary N) is 1. The smallest absolute Gasteiger partial charge is 0.336 e. The van der Waals surface area contributed by atoms with Gasteiger partial charge in [-0.05, 0) is 35.9 Å². The van der Waals surface area contributed by atoms with Gasteiger partial charge in [0.1, 0.15) is 17.5 Å². The van der Waals surface area contributed by atoms with Gasteiger partial charge in [0, 0.05) is 12.1 Å². The highest BCUT2D eigenvalue weighted by atomic mass is 35.5. The third kappa shape index (κ3) is 4.58. The molecular weight excluding hydrogens is 487 g/mol. The van der Waals surface area contributed by atoms with Crippen molar-refractivity contribution in [3.8, 4) is 11.6 Å². The Hall–Kier alpha value is -4.28. The number of urea groups is 1. The largest absolute Gasteiger partial charge is 0.439 e. The van der Waals surface area contributed by atoms with Crippen LogP contribution in [0.4, 0.5) is 16.2 Å². The van der Waals surface area contributed by atoms with Gasteiger partial charge in [0.15, 0.2) is 0 Å². The number of benzene rings is 2. The van der Waals surface area contributed by atoms with Gasteiger partial charge in [0.05, 0.1) is 20.7 Å². The van der Waals surface area contributed by atoms with Crippen molar-refractivity contribution in [2.24, 2.45) is 0 Å². The zero-order valence-electron chi connectivity index (χ0n) is 16.9. The van der Waals surface area contributed by atoms with E-state index in [0.717, 1.165) is 11.1 Å². The quantitative estimate of drug-likeness (QED) is 0.232. The van der Waals surface area contributed by atoms with E-state index < -0.39 is 22.8 Å². The van der Waals surface area contributed by atoms with Crippen LogP contribution in [0.15, 0.2) is 66.4 Å². The number of rotatable bonds is 5. The zero-order valence-corrected chi connectivity index (χ0v) is 18.4. The van der Waals surface area contributed by atoms with Gasteiger partial charge >= 0.3 is 6.03 Å². The molecule has 170 valence electrons. The number of carbonyl (C=O) groups excluding carboxylic acids is 3. The summed E-state index contributed by atoms with van der Waals surface area (Å²) < 4.78 is 5.53. The van der Waals surface area contributed by atoms with Crippen LogP contribution < -0.4 is 15.0 Å². The second-order valence-corrected chi connectivity index (χ2v) is 7.60. The molecule has 1 N–H and O–H groups in total. The standard InChI is InChI=1S/C22H12Cl2N4O6/c23-16-2-1-3-17(19(16)24)27-21(30)15(20(29)26-22(27)31)10-12-4-7-14(8-5-12)34-18-9-6-13(11-25-18)28(32)33/h1-11H,(H,26,29,31)/b15-10+. The Labute approximate surface area is 201 Å². The number of carbonyl (C=O) groups is 3. The maximum Gasteiger partial charge on any atom is 0.336 e. The first-order chi connectivity index (χ1) is 16.2. The highest BCUT2D eigenvalue weighted by Gasteiger charge is 2.38. The van der Waals surface area contributed by atoms with Gasteiger partial charge < -0.3 is 4.74 Å². The molecule has 0 spiro atoms. The molecule has 2 aromatic carbocycles. The van der Waals surface area contributed by atoms with Gasteiger partial charge in [-0.2, -0.15) is 0 Å². The van der Waals surface area contributed by atoms with Crippen LogP contribution in [0.25, 0.3) is 6.08 Å². The van der Waals surface area contributed by atoms with Crippen LogP contribution in [0.2, 0.25) is 10.0 Å². The molecule has 0 unspecified atom stereocenters. The number of imide groups is 2. The van der Waals surface area contributed by atoms with Crippen LogP contribution in [-0.2, 0) is 9.59 Å². The summed E-state index contributed by atoms with van der Waals surface area (Å²) in [6, 6.07) is 12.4. The van der Waals surface area contributed by atoms with Gasteiger partial charge in [-0.3, -0.25) is 25.0 Å². The molecule has 10 nitrogen and oxygen atoms in total. The Morgan fingerprint density at radius 1 is 1.03 bits per heavy atom. The molecule has 0 bridgehead atoms. The van der Waals surface area contributed by atoms with E-state index >= 15 is 0 Å². The first-order valence-electron chi connectivity index (χ1n) is 9.48. The van der Waals surface area contributed by atoms with E-state index in [2.05, 4.69) is 10.3 Å². The van der Waals surface area contributed by atoms with Crippen molar-refractivity contribution >= 4 is 58.5 Å². The molecule has 2 heterocycles. The molecule has 4 rings (SSSR count). The first-order valence-corrected chi connectivity index (χ1v) is 10.2. The van der Waals surface area contributed by atoms with E-state index in [1.54, 1.807) is 24.3 Å². The lowest BCUT2D eigenvalue weighted by Gasteiger charge is -2.27. The maximum atomic E-state index is 13.0. The van der Waals surface area contributed by atoms with E-state index in [1.165, 1.54) is 36.4 Å². The molecule has 12 heteroatoms. The number of ether oxygens (including phenoxy) is 1. The SMILES string of the molecule is O=C1NC(=O)N(c2cccc(Cl)c2Cl)C(=O)/C1=C/c1ccc(Oc2ccc([N+](=O)[O-])cn2)cc1. The molecular formula is C22H12Cl2N4O6. The molecule has 34 heavy (non-hydrogen) atoms. The van der Waals surface area contributed by atoms with Gasteiger partial charge in [-0.1, -0.05) is 41.4 Å². The number of amides is 4. The Kier molecular flexibility index (Phi) is 6.26. The third-order valence-electron chi connectivity index (χ3n) is 4.62. The number of nitrogens with zero attached hydrogens (tertiary/aromatic N) is 3. The van der Waals surface area contributed by atoms with Crippen LogP contribution in [0.5, 0.6) is 11.6 Å². The fraction of sp³-hybridized carbons (Fsp3) is 0. The van der Waals surface area contributed by atoms with Crippen LogP contribution in [0, 0.1) is 10.1 Å². The van der Waals surface area contributed by atoms with Crippen LogP contribution in [-0.4, -0.2) is 27.8 Å². The van der Waals surface area contributed by atoms with Crippen LogP contribution >= 0.6 is 23.2 Å². The molecule has 1 saturated heterocycles. The van der Waals surface area contributed by atoms with Crippen molar-refractivity contribution in [3.63, 3.8) is 0 Å². The minimum absolute atomic E-state index is 0.0114. The lowest BCUT2D eigenvalue weighted by Crippen LogP contribution is -2.54. The summed E-state index contributed by atoms with van der Waals surface area (Å²) in [5.41, 5.74) is 0.0427. The van der Waals surface area contributed by atoms with Gasteiger partial charge in [0.2, 0.25) is 5.88 Å². The average Bonchev–Trinajstić information content (AvgIpc) is 2.81. The summed E-state index contributed by atoms with van der Waals surface area (Å²) in [4.78, 5) is 52.4. The number of hydrogen-bond acceptors (Lipinski definition) is 7. The lowest BCUT2D eigenvalue weighted by atomic mass is 10.1. The van der Waals surface area contributed by atoms with Crippen molar-refractivity contribution in [2.45, 2.75) is 0 Å². The summed E-state index contributed by atoms with van der Waals surface area (Å²) in [6.45, 7) is 0. The summed E-state index contributed by atoms with van der Waals surface area (Å²) in [5, 5.41) is 12.9.